The molecule has 6 nitrogen and oxygen atoms in total. The molecule has 3 rings (SSSR count). The summed E-state index contributed by atoms with van der Waals surface area (Å²) >= 11 is 0. The molecule has 1 N–H and O–H groups in total. The summed E-state index contributed by atoms with van der Waals surface area (Å²) in [6, 6.07) is 11.6. The summed E-state index contributed by atoms with van der Waals surface area (Å²) in [5.41, 5.74) is 0.977. The van der Waals surface area contributed by atoms with Gasteiger partial charge in [-0.05, 0) is 62.0 Å². The third kappa shape index (κ3) is 4.83. The van der Waals surface area contributed by atoms with Crippen LogP contribution in [0.4, 0.5) is 4.39 Å². The molecule has 0 aromatic heterocycles. The number of carbonyl (C=O) groups is 2. The van der Waals surface area contributed by atoms with Gasteiger partial charge in [0.25, 0.3) is 11.7 Å². The lowest BCUT2D eigenvalue weighted by Crippen LogP contribution is -2.38. The summed E-state index contributed by atoms with van der Waals surface area (Å²) in [7, 11) is 0. The van der Waals surface area contributed by atoms with Crippen molar-refractivity contribution in [1.29, 1.82) is 0 Å². The molecule has 1 aliphatic rings. The summed E-state index contributed by atoms with van der Waals surface area (Å²) < 4.78 is 19.0. The molecule has 1 heterocycles. The SMILES string of the molecule is CCOc1ccc(C(O)=C2C(=O)C(=O)N(CCN(CC)CC)[C@@H]2c2ccc(F)cc2)cc1. The van der Waals surface area contributed by atoms with Gasteiger partial charge in [0.15, 0.2) is 0 Å². The Balaban J connectivity index is 2.05. The maximum absolute atomic E-state index is 13.6. The zero-order valence-electron chi connectivity index (χ0n) is 18.7. The quantitative estimate of drug-likeness (QED) is 0.363. The summed E-state index contributed by atoms with van der Waals surface area (Å²) in [6.45, 7) is 8.96. The molecular weight excluding hydrogens is 411 g/mol. The Morgan fingerprint density at radius 2 is 1.66 bits per heavy atom. The summed E-state index contributed by atoms with van der Waals surface area (Å²) in [4.78, 5) is 29.6. The number of hydrogen-bond donors (Lipinski definition) is 1. The number of aliphatic hydroxyl groups excluding tert-OH is 1. The normalized spacial score (nSPS) is 17.9. The zero-order valence-corrected chi connectivity index (χ0v) is 18.7. The molecule has 0 aliphatic carbocycles. The van der Waals surface area contributed by atoms with Crippen molar-refractivity contribution in [2.75, 3.05) is 32.8 Å². The van der Waals surface area contributed by atoms with Gasteiger partial charge in [-0.3, -0.25) is 9.59 Å². The lowest BCUT2D eigenvalue weighted by Gasteiger charge is -2.28. The van der Waals surface area contributed by atoms with Gasteiger partial charge >= 0.3 is 0 Å². The number of rotatable bonds is 9. The van der Waals surface area contributed by atoms with Crippen LogP contribution in [0.1, 0.15) is 37.9 Å². The van der Waals surface area contributed by atoms with E-state index in [0.29, 0.717) is 36.6 Å². The molecule has 7 heteroatoms. The second-order valence-electron chi connectivity index (χ2n) is 7.53. The maximum atomic E-state index is 13.6. The van der Waals surface area contributed by atoms with Gasteiger partial charge < -0.3 is 19.6 Å². The molecule has 32 heavy (non-hydrogen) atoms. The Hall–Kier alpha value is -3.19. The average molecular weight is 441 g/mol. The Labute approximate surface area is 187 Å². The molecule has 1 aliphatic heterocycles. The van der Waals surface area contributed by atoms with E-state index < -0.39 is 23.5 Å². The number of carbonyl (C=O) groups excluding carboxylic acids is 2. The number of likely N-dealkylation sites (N-methyl/N-ethyl adjacent to an activating group) is 1. The zero-order chi connectivity index (χ0) is 23.3. The number of nitrogens with zero attached hydrogens (tertiary/aromatic N) is 2. The summed E-state index contributed by atoms with van der Waals surface area (Å²) in [6.07, 6.45) is 0. The van der Waals surface area contributed by atoms with Crippen LogP contribution in [0.5, 0.6) is 5.75 Å². The van der Waals surface area contributed by atoms with Crippen molar-refractivity contribution >= 4 is 17.4 Å². The van der Waals surface area contributed by atoms with Crippen molar-refractivity contribution in [2.45, 2.75) is 26.8 Å². The first-order valence-corrected chi connectivity index (χ1v) is 10.9. The fraction of sp³-hybridized carbons (Fsp3) is 0.360. The van der Waals surface area contributed by atoms with Gasteiger partial charge in [0.2, 0.25) is 0 Å². The number of benzene rings is 2. The molecule has 0 unspecified atom stereocenters. The van der Waals surface area contributed by atoms with Crippen LogP contribution >= 0.6 is 0 Å². The number of ketones is 1. The van der Waals surface area contributed by atoms with Crippen LogP contribution in [0.2, 0.25) is 0 Å². The van der Waals surface area contributed by atoms with E-state index in [1.54, 1.807) is 36.4 Å². The molecule has 1 saturated heterocycles. The van der Waals surface area contributed by atoms with E-state index in [9.17, 15) is 19.1 Å². The molecule has 2 aromatic rings. The van der Waals surface area contributed by atoms with Crippen molar-refractivity contribution < 1.29 is 23.8 Å². The Bertz CT molecular complexity index is 982. The number of halogens is 1. The van der Waals surface area contributed by atoms with Crippen LogP contribution in [0.3, 0.4) is 0 Å². The van der Waals surface area contributed by atoms with E-state index >= 15 is 0 Å². The fourth-order valence-corrected chi connectivity index (χ4v) is 3.92. The van der Waals surface area contributed by atoms with Crippen LogP contribution in [-0.2, 0) is 9.59 Å². The third-order valence-electron chi connectivity index (χ3n) is 5.72. The van der Waals surface area contributed by atoms with Crippen molar-refractivity contribution in [3.63, 3.8) is 0 Å². The Morgan fingerprint density at radius 3 is 2.22 bits per heavy atom. The average Bonchev–Trinajstić information content (AvgIpc) is 3.05. The van der Waals surface area contributed by atoms with Crippen LogP contribution < -0.4 is 4.74 Å². The molecule has 0 bridgehead atoms. The lowest BCUT2D eigenvalue weighted by atomic mass is 9.95. The van der Waals surface area contributed by atoms with Crippen molar-refractivity contribution in [3.05, 3.63) is 71.0 Å². The van der Waals surface area contributed by atoms with E-state index in [-0.39, 0.29) is 11.3 Å². The van der Waals surface area contributed by atoms with Crippen LogP contribution in [-0.4, -0.2) is 59.4 Å². The van der Waals surface area contributed by atoms with E-state index in [1.165, 1.54) is 17.0 Å². The maximum Gasteiger partial charge on any atom is 0.295 e. The highest BCUT2D eigenvalue weighted by Gasteiger charge is 2.45. The molecule has 0 saturated carbocycles. The van der Waals surface area contributed by atoms with E-state index in [4.69, 9.17) is 4.74 Å². The Kier molecular flexibility index (Phi) is 7.64. The molecule has 1 amide bonds. The number of amides is 1. The van der Waals surface area contributed by atoms with Gasteiger partial charge in [0.05, 0.1) is 18.2 Å². The van der Waals surface area contributed by atoms with E-state index in [2.05, 4.69) is 4.90 Å². The molecule has 0 radical (unpaired) electrons. The first-order valence-electron chi connectivity index (χ1n) is 10.9. The summed E-state index contributed by atoms with van der Waals surface area (Å²) in [5.74, 6) is -1.45. The number of Topliss-reactive ketones (excluding diaryl/α,β-unsaturated/α-hetero) is 1. The van der Waals surface area contributed by atoms with E-state index in [0.717, 1.165) is 13.1 Å². The first kappa shape index (κ1) is 23.5. The van der Waals surface area contributed by atoms with Gasteiger partial charge in [-0.2, -0.15) is 0 Å². The van der Waals surface area contributed by atoms with E-state index in [1.807, 2.05) is 20.8 Å². The number of ether oxygens (including phenoxy) is 1. The lowest BCUT2D eigenvalue weighted by molar-refractivity contribution is -0.140. The molecule has 170 valence electrons. The molecule has 2 aromatic carbocycles. The summed E-state index contributed by atoms with van der Waals surface area (Å²) in [5, 5.41) is 11.1. The second kappa shape index (κ2) is 10.4. The minimum absolute atomic E-state index is 0.00492. The van der Waals surface area contributed by atoms with Crippen LogP contribution in [0.15, 0.2) is 54.1 Å². The fourth-order valence-electron chi connectivity index (χ4n) is 3.92. The predicted octanol–water partition coefficient (Wildman–Crippen LogP) is 3.99. The highest BCUT2D eigenvalue weighted by molar-refractivity contribution is 6.46. The van der Waals surface area contributed by atoms with Gasteiger partial charge in [0, 0.05) is 18.7 Å². The van der Waals surface area contributed by atoms with Gasteiger partial charge in [0.1, 0.15) is 17.3 Å². The predicted molar refractivity (Wildman–Crippen MR) is 121 cm³/mol. The number of aliphatic hydroxyl groups is 1. The topological polar surface area (TPSA) is 70.1 Å². The minimum Gasteiger partial charge on any atom is -0.507 e. The number of likely N-dealkylation sites (tertiary alicyclic amines) is 1. The van der Waals surface area contributed by atoms with Crippen molar-refractivity contribution in [2.24, 2.45) is 0 Å². The van der Waals surface area contributed by atoms with Gasteiger partial charge in [-0.25, -0.2) is 4.39 Å². The van der Waals surface area contributed by atoms with Crippen LogP contribution in [0, 0.1) is 5.82 Å². The molecule has 0 spiro atoms. The smallest absolute Gasteiger partial charge is 0.295 e. The molecule has 1 atom stereocenters. The third-order valence-corrected chi connectivity index (χ3v) is 5.72. The van der Waals surface area contributed by atoms with Gasteiger partial charge in [-0.1, -0.05) is 26.0 Å². The largest absolute Gasteiger partial charge is 0.507 e. The van der Waals surface area contributed by atoms with Crippen molar-refractivity contribution in [3.8, 4) is 5.75 Å². The second-order valence-corrected chi connectivity index (χ2v) is 7.53. The highest BCUT2D eigenvalue weighted by Crippen LogP contribution is 2.39. The van der Waals surface area contributed by atoms with Crippen LogP contribution in [0.25, 0.3) is 5.76 Å². The monoisotopic (exact) mass is 440 g/mol. The standard InChI is InChI=1S/C25H29FN2O4/c1-4-27(5-2)15-16-28-22(17-7-11-19(26)12-8-17)21(24(30)25(28)31)23(29)18-9-13-20(14-10-18)32-6-3/h7-14,22,29H,4-6,15-16H2,1-3H3/t22-/m1/s1. The molecule has 1 fully saturated rings. The highest BCUT2D eigenvalue weighted by atomic mass is 19.1. The number of hydrogen-bond acceptors (Lipinski definition) is 5. The molecular formula is C25H29FN2O4. The first-order chi connectivity index (χ1) is 15.4. The minimum atomic E-state index is -0.794. The Morgan fingerprint density at radius 1 is 1.03 bits per heavy atom. The van der Waals surface area contributed by atoms with Crippen molar-refractivity contribution in [1.82, 2.24) is 9.80 Å². The van der Waals surface area contributed by atoms with Gasteiger partial charge in [-0.15, -0.1) is 0 Å².